The van der Waals surface area contributed by atoms with E-state index in [0.29, 0.717) is 24.3 Å². The van der Waals surface area contributed by atoms with E-state index in [1.165, 1.54) is 7.11 Å². The van der Waals surface area contributed by atoms with Gasteiger partial charge in [-0.3, -0.25) is 9.59 Å². The van der Waals surface area contributed by atoms with Gasteiger partial charge >= 0.3 is 5.97 Å². The Kier molecular flexibility index (Phi) is 7.08. The Labute approximate surface area is 124 Å². The molecule has 0 aliphatic carbocycles. The lowest BCUT2D eigenvalue weighted by Gasteiger charge is -2.14. The number of benzene rings is 1. The molecule has 0 aliphatic heterocycles. The molecule has 0 bridgehead atoms. The number of hydrogen-bond acceptors (Lipinski definition) is 4. The van der Waals surface area contributed by atoms with Crippen LogP contribution < -0.4 is 14.8 Å². The van der Waals surface area contributed by atoms with Crippen LogP contribution in [0.5, 0.6) is 11.5 Å². The van der Waals surface area contributed by atoms with Crippen molar-refractivity contribution < 1.29 is 24.2 Å². The van der Waals surface area contributed by atoms with Crippen LogP contribution in [0.3, 0.4) is 0 Å². The summed E-state index contributed by atoms with van der Waals surface area (Å²) in [4.78, 5) is 22.1. The van der Waals surface area contributed by atoms with Crippen LogP contribution in [0.25, 0.3) is 0 Å². The lowest BCUT2D eigenvalue weighted by molar-refractivity contribution is -0.137. The van der Waals surface area contributed by atoms with Crippen LogP contribution in [-0.2, 0) is 9.59 Å². The second-order valence-electron chi connectivity index (χ2n) is 4.69. The van der Waals surface area contributed by atoms with Crippen molar-refractivity contribution >= 4 is 11.9 Å². The maximum Gasteiger partial charge on any atom is 0.303 e. The van der Waals surface area contributed by atoms with Crippen molar-refractivity contribution in [3.05, 3.63) is 24.3 Å². The molecule has 6 heteroatoms. The molecule has 0 aliphatic rings. The fourth-order valence-corrected chi connectivity index (χ4v) is 1.83. The molecular formula is C15H21NO5. The van der Waals surface area contributed by atoms with E-state index in [-0.39, 0.29) is 25.0 Å². The highest BCUT2D eigenvalue weighted by molar-refractivity contribution is 5.77. The van der Waals surface area contributed by atoms with Gasteiger partial charge in [-0.05, 0) is 31.9 Å². The number of methoxy groups -OCH3 is 1. The predicted molar refractivity (Wildman–Crippen MR) is 77.6 cm³/mol. The lowest BCUT2D eigenvalue weighted by atomic mass is 10.1. The van der Waals surface area contributed by atoms with E-state index in [0.717, 1.165) is 0 Å². The molecule has 6 nitrogen and oxygen atoms in total. The van der Waals surface area contributed by atoms with Crippen molar-refractivity contribution in [3.8, 4) is 11.5 Å². The van der Waals surface area contributed by atoms with Crippen molar-refractivity contribution in [2.24, 2.45) is 0 Å². The third-order valence-corrected chi connectivity index (χ3v) is 2.86. The summed E-state index contributed by atoms with van der Waals surface area (Å²) >= 11 is 0. The molecule has 0 radical (unpaired) electrons. The fourth-order valence-electron chi connectivity index (χ4n) is 1.83. The largest absolute Gasteiger partial charge is 0.493 e. The van der Waals surface area contributed by atoms with Gasteiger partial charge in [-0.2, -0.15) is 0 Å². The molecule has 0 saturated carbocycles. The molecule has 0 aromatic heterocycles. The number of amides is 1. The summed E-state index contributed by atoms with van der Waals surface area (Å²) in [6.07, 6.45) is 1.26. The first-order chi connectivity index (χ1) is 10.0. The summed E-state index contributed by atoms with van der Waals surface area (Å²) in [5.74, 6) is 0.00486. The number of nitrogens with one attached hydrogen (secondary N) is 1. The minimum atomic E-state index is -0.826. The first-order valence-corrected chi connectivity index (χ1v) is 6.80. The topological polar surface area (TPSA) is 84.9 Å². The highest BCUT2D eigenvalue weighted by Crippen LogP contribution is 2.25. The molecule has 0 heterocycles. The van der Waals surface area contributed by atoms with Gasteiger partial charge in [0.2, 0.25) is 0 Å². The van der Waals surface area contributed by atoms with Crippen LogP contribution in [-0.4, -0.2) is 36.7 Å². The molecule has 1 unspecified atom stereocenters. The molecular weight excluding hydrogens is 274 g/mol. The van der Waals surface area contributed by atoms with Crippen LogP contribution in [0.2, 0.25) is 0 Å². The third-order valence-electron chi connectivity index (χ3n) is 2.86. The van der Waals surface area contributed by atoms with Crippen molar-refractivity contribution in [2.75, 3.05) is 13.7 Å². The maximum absolute atomic E-state index is 11.7. The second-order valence-corrected chi connectivity index (χ2v) is 4.69. The highest BCUT2D eigenvalue weighted by Gasteiger charge is 2.10. The molecule has 0 saturated heterocycles. The Balaban J connectivity index is 2.32. The Morgan fingerprint density at radius 2 is 1.95 bits per heavy atom. The van der Waals surface area contributed by atoms with Crippen molar-refractivity contribution in [1.82, 2.24) is 5.32 Å². The molecule has 1 rings (SSSR count). The van der Waals surface area contributed by atoms with E-state index < -0.39 is 5.97 Å². The van der Waals surface area contributed by atoms with Crippen LogP contribution in [0.4, 0.5) is 0 Å². The average molecular weight is 295 g/mol. The summed E-state index contributed by atoms with van der Waals surface area (Å²) in [7, 11) is 1.53. The monoisotopic (exact) mass is 295 g/mol. The molecule has 0 spiro atoms. The van der Waals surface area contributed by atoms with Gasteiger partial charge in [0.05, 0.1) is 7.11 Å². The third kappa shape index (κ3) is 6.65. The number of rotatable bonds is 9. The fraction of sp³-hybridized carbons (Fsp3) is 0.467. The molecule has 2 N–H and O–H groups in total. The summed E-state index contributed by atoms with van der Waals surface area (Å²) in [6, 6.07) is 7.00. The van der Waals surface area contributed by atoms with Crippen molar-refractivity contribution in [2.45, 2.75) is 32.2 Å². The molecule has 1 aromatic carbocycles. The van der Waals surface area contributed by atoms with Gasteiger partial charge in [0.1, 0.15) is 0 Å². The van der Waals surface area contributed by atoms with Gasteiger partial charge in [0.25, 0.3) is 5.91 Å². The Morgan fingerprint density at radius 1 is 1.29 bits per heavy atom. The van der Waals surface area contributed by atoms with Crippen LogP contribution in [0.1, 0.15) is 26.2 Å². The summed E-state index contributed by atoms with van der Waals surface area (Å²) in [5.41, 5.74) is 0. The molecule has 0 fully saturated rings. The first-order valence-electron chi connectivity index (χ1n) is 6.80. The van der Waals surface area contributed by atoms with Gasteiger partial charge in [-0.1, -0.05) is 12.1 Å². The molecule has 1 atom stereocenters. The normalized spacial score (nSPS) is 11.5. The summed E-state index contributed by atoms with van der Waals surface area (Å²) < 4.78 is 10.5. The Morgan fingerprint density at radius 3 is 2.57 bits per heavy atom. The smallest absolute Gasteiger partial charge is 0.303 e. The van der Waals surface area contributed by atoms with Crippen LogP contribution >= 0.6 is 0 Å². The number of para-hydroxylation sites is 2. The van der Waals surface area contributed by atoms with Gasteiger partial charge in [-0.15, -0.1) is 0 Å². The minimum absolute atomic E-state index is 0.0851. The van der Waals surface area contributed by atoms with Gasteiger partial charge in [0.15, 0.2) is 18.1 Å². The predicted octanol–water partition coefficient (Wildman–Crippen LogP) is 1.83. The number of carboxylic acid groups (broad SMARTS) is 1. The van der Waals surface area contributed by atoms with E-state index in [4.69, 9.17) is 14.6 Å². The molecule has 1 amide bonds. The van der Waals surface area contributed by atoms with E-state index in [9.17, 15) is 9.59 Å². The van der Waals surface area contributed by atoms with E-state index in [2.05, 4.69) is 5.32 Å². The lowest BCUT2D eigenvalue weighted by Crippen LogP contribution is -2.36. The van der Waals surface area contributed by atoms with Crippen molar-refractivity contribution in [3.63, 3.8) is 0 Å². The highest BCUT2D eigenvalue weighted by atomic mass is 16.5. The van der Waals surface area contributed by atoms with Gasteiger partial charge in [-0.25, -0.2) is 0 Å². The zero-order valence-corrected chi connectivity index (χ0v) is 12.3. The number of hydrogen-bond donors (Lipinski definition) is 2. The number of carbonyl (C=O) groups is 2. The maximum atomic E-state index is 11.7. The SMILES string of the molecule is COc1ccccc1OCC(=O)NC(C)CCCC(=O)O. The average Bonchev–Trinajstić information content (AvgIpc) is 2.45. The van der Waals surface area contributed by atoms with Gasteiger partial charge < -0.3 is 19.9 Å². The van der Waals surface area contributed by atoms with Crippen LogP contribution in [0.15, 0.2) is 24.3 Å². The zero-order chi connectivity index (χ0) is 15.7. The number of ether oxygens (including phenoxy) is 2. The second kappa shape index (κ2) is 8.84. The Bertz CT molecular complexity index is 475. The number of carboxylic acids is 1. The summed E-state index contributed by atoms with van der Waals surface area (Å²) in [6.45, 7) is 1.73. The van der Waals surface area contributed by atoms with E-state index in [1.807, 2.05) is 13.0 Å². The quantitative estimate of drug-likeness (QED) is 0.726. The van der Waals surface area contributed by atoms with Crippen LogP contribution in [0, 0.1) is 0 Å². The van der Waals surface area contributed by atoms with Crippen molar-refractivity contribution in [1.29, 1.82) is 0 Å². The number of carbonyl (C=O) groups excluding carboxylic acids is 1. The molecule has 21 heavy (non-hydrogen) atoms. The first kappa shape index (κ1) is 16.8. The molecule has 116 valence electrons. The standard InChI is InChI=1S/C15H21NO5/c1-11(6-5-9-15(18)19)16-14(17)10-21-13-8-4-3-7-12(13)20-2/h3-4,7-8,11H,5-6,9-10H2,1-2H3,(H,16,17)(H,18,19). The molecule has 1 aromatic rings. The zero-order valence-electron chi connectivity index (χ0n) is 12.3. The Hall–Kier alpha value is -2.24. The number of aliphatic carboxylic acids is 1. The van der Waals surface area contributed by atoms with E-state index >= 15 is 0 Å². The summed E-state index contributed by atoms with van der Waals surface area (Å²) in [5, 5.41) is 11.3. The van der Waals surface area contributed by atoms with Gasteiger partial charge in [0, 0.05) is 12.5 Å². The minimum Gasteiger partial charge on any atom is -0.493 e. The van der Waals surface area contributed by atoms with E-state index in [1.54, 1.807) is 18.2 Å².